The summed E-state index contributed by atoms with van der Waals surface area (Å²) in [6.07, 6.45) is 6.36. The van der Waals surface area contributed by atoms with Gasteiger partial charge in [-0.1, -0.05) is 54.6 Å². The number of piperidine rings is 1. The highest BCUT2D eigenvalue weighted by Gasteiger charge is 2.43. The molecular weight excluding hydrogens is 665 g/mol. The Bertz CT molecular complexity index is 1960. The van der Waals surface area contributed by atoms with Crippen molar-refractivity contribution in [2.45, 2.75) is 77.1 Å². The van der Waals surface area contributed by atoms with Crippen LogP contribution in [-0.2, 0) is 37.4 Å². The molecule has 51 heavy (non-hydrogen) atoms. The van der Waals surface area contributed by atoms with Gasteiger partial charge in [0, 0.05) is 68.7 Å². The number of nitrogens with zero attached hydrogens (tertiary/aromatic N) is 3. The van der Waals surface area contributed by atoms with E-state index < -0.39 is 27.6 Å². The minimum absolute atomic E-state index is 0.0635. The number of carbonyl (C=O) groups excluding carboxylic acids is 2. The van der Waals surface area contributed by atoms with Gasteiger partial charge in [-0.15, -0.1) is 0 Å². The lowest BCUT2D eigenvalue weighted by Crippen LogP contribution is -2.51. The van der Waals surface area contributed by atoms with E-state index in [0.717, 1.165) is 65.2 Å². The minimum atomic E-state index is -3.38. The number of carbonyl (C=O) groups is 2. The molecule has 1 saturated heterocycles. The topological polar surface area (TPSA) is 110 Å². The molecule has 2 heterocycles. The molecule has 0 spiro atoms. The monoisotopic (exact) mass is 714 g/mol. The number of nitrogens with one attached hydrogen (secondary N) is 1. The number of aryl methyl sites for hydroxylation is 1. The summed E-state index contributed by atoms with van der Waals surface area (Å²) >= 11 is 0. The molecule has 0 bridgehead atoms. The maximum absolute atomic E-state index is 14.9. The third-order valence-electron chi connectivity index (χ3n) is 9.65. The van der Waals surface area contributed by atoms with E-state index >= 15 is 0 Å². The van der Waals surface area contributed by atoms with Gasteiger partial charge in [-0.2, -0.15) is 0 Å². The molecule has 2 fully saturated rings. The van der Waals surface area contributed by atoms with E-state index in [1.165, 1.54) is 0 Å². The second-order valence-corrected chi connectivity index (χ2v) is 16.7. The molecule has 1 N–H and O–H groups in total. The van der Waals surface area contributed by atoms with Gasteiger partial charge in [-0.05, 0) is 92.8 Å². The van der Waals surface area contributed by atoms with Gasteiger partial charge >= 0.3 is 6.09 Å². The van der Waals surface area contributed by atoms with Crippen molar-refractivity contribution in [1.29, 1.82) is 0 Å². The maximum atomic E-state index is 14.9. The third kappa shape index (κ3) is 9.12. The van der Waals surface area contributed by atoms with E-state index in [1.54, 1.807) is 24.1 Å². The first kappa shape index (κ1) is 36.4. The number of fused-ring (bicyclic) bond motifs is 1. The van der Waals surface area contributed by atoms with E-state index in [-0.39, 0.29) is 24.4 Å². The molecule has 2 atom stereocenters. The zero-order valence-corrected chi connectivity index (χ0v) is 31.1. The van der Waals surface area contributed by atoms with Crippen LogP contribution in [-0.4, -0.2) is 79.5 Å². The van der Waals surface area contributed by atoms with E-state index in [9.17, 15) is 18.0 Å². The largest absolute Gasteiger partial charge is 0.444 e. The first-order chi connectivity index (χ1) is 24.3. The number of rotatable bonds is 12. The lowest BCUT2D eigenvalue weighted by molar-refractivity contribution is -0.139. The molecule has 6 rings (SSSR count). The maximum Gasteiger partial charge on any atom is 0.410 e. The molecule has 0 unspecified atom stereocenters. The number of hydrogen-bond acceptors (Lipinski definition) is 6. The normalized spacial score (nSPS) is 18.1. The van der Waals surface area contributed by atoms with Gasteiger partial charge in [-0.3, -0.25) is 9.52 Å². The van der Waals surface area contributed by atoms with Gasteiger partial charge in [-0.25, -0.2) is 13.2 Å². The molecule has 1 aromatic heterocycles. The second kappa shape index (κ2) is 15.1. The number of ether oxygens (including phenoxy) is 2. The Hall–Kier alpha value is -4.35. The molecular formula is C40H50N4O6S. The Morgan fingerprint density at radius 2 is 1.71 bits per heavy atom. The fourth-order valence-electron chi connectivity index (χ4n) is 7.17. The Kier molecular flexibility index (Phi) is 10.8. The number of likely N-dealkylation sites (tertiary alicyclic amines) is 1. The Morgan fingerprint density at radius 1 is 0.961 bits per heavy atom. The van der Waals surface area contributed by atoms with Gasteiger partial charge in [0.05, 0.1) is 12.2 Å². The lowest BCUT2D eigenvalue weighted by atomic mass is 9.79. The molecule has 272 valence electrons. The van der Waals surface area contributed by atoms with Crippen LogP contribution in [0.15, 0.2) is 79.0 Å². The number of para-hydroxylation sites is 1. The van der Waals surface area contributed by atoms with Crippen molar-refractivity contribution in [3.8, 4) is 11.1 Å². The number of amides is 2. The van der Waals surface area contributed by atoms with Crippen molar-refractivity contribution in [2.75, 3.05) is 37.8 Å². The van der Waals surface area contributed by atoms with Crippen LogP contribution in [0.4, 0.5) is 10.5 Å². The van der Waals surface area contributed by atoms with Crippen molar-refractivity contribution in [1.82, 2.24) is 14.4 Å². The number of methoxy groups -OCH3 is 1. The number of benzene rings is 3. The summed E-state index contributed by atoms with van der Waals surface area (Å²) in [6.45, 7) is 8.34. The second-order valence-electron chi connectivity index (χ2n) is 14.9. The fraction of sp³-hybridized carbons (Fsp3) is 0.450. The highest BCUT2D eigenvalue weighted by Crippen LogP contribution is 2.40. The number of hydrogen-bond donors (Lipinski definition) is 1. The van der Waals surface area contributed by atoms with Gasteiger partial charge in [0.2, 0.25) is 15.9 Å². The molecule has 3 aromatic carbocycles. The summed E-state index contributed by atoms with van der Waals surface area (Å²) in [4.78, 5) is 32.1. The van der Waals surface area contributed by atoms with Gasteiger partial charge in [0.15, 0.2) is 0 Å². The number of anilines is 1. The van der Waals surface area contributed by atoms with E-state index in [0.29, 0.717) is 31.8 Å². The van der Waals surface area contributed by atoms with Crippen molar-refractivity contribution < 1.29 is 27.5 Å². The summed E-state index contributed by atoms with van der Waals surface area (Å²) < 4.78 is 39.3. The summed E-state index contributed by atoms with van der Waals surface area (Å²) in [5.74, 6) is -0.508. The van der Waals surface area contributed by atoms with Crippen LogP contribution in [0.2, 0.25) is 0 Å². The van der Waals surface area contributed by atoms with Gasteiger partial charge in [0.1, 0.15) is 5.60 Å². The van der Waals surface area contributed by atoms with Crippen molar-refractivity contribution in [3.05, 3.63) is 90.1 Å². The lowest BCUT2D eigenvalue weighted by Gasteiger charge is -2.40. The van der Waals surface area contributed by atoms with Gasteiger partial charge < -0.3 is 23.8 Å². The average Bonchev–Trinajstić information content (AvgIpc) is 3.88. The zero-order valence-electron chi connectivity index (χ0n) is 30.3. The molecule has 1 aliphatic heterocycles. The van der Waals surface area contributed by atoms with Gasteiger partial charge in [0.25, 0.3) is 0 Å². The Labute approximate surface area is 301 Å². The molecule has 2 amide bonds. The highest BCUT2D eigenvalue weighted by atomic mass is 32.2. The molecule has 1 aliphatic carbocycles. The third-order valence-corrected chi connectivity index (χ3v) is 10.3. The number of aromatic nitrogens is 1. The molecule has 11 heteroatoms. The fourth-order valence-corrected chi connectivity index (χ4v) is 7.73. The van der Waals surface area contributed by atoms with Crippen molar-refractivity contribution >= 4 is 38.6 Å². The highest BCUT2D eigenvalue weighted by molar-refractivity contribution is 7.92. The molecule has 4 aromatic rings. The first-order valence-electron chi connectivity index (χ1n) is 17.8. The number of sulfonamides is 1. The van der Waals surface area contributed by atoms with Crippen LogP contribution in [0.3, 0.4) is 0 Å². The van der Waals surface area contributed by atoms with Crippen LogP contribution in [0.5, 0.6) is 0 Å². The summed E-state index contributed by atoms with van der Waals surface area (Å²) in [6, 6.07) is 24.0. The summed E-state index contributed by atoms with van der Waals surface area (Å²) in [7, 11) is -1.67. The predicted molar refractivity (Wildman–Crippen MR) is 201 cm³/mol. The van der Waals surface area contributed by atoms with Crippen molar-refractivity contribution in [2.24, 2.45) is 5.92 Å². The van der Waals surface area contributed by atoms with Crippen molar-refractivity contribution in [3.63, 3.8) is 0 Å². The molecule has 10 nitrogen and oxygen atoms in total. The van der Waals surface area contributed by atoms with Crippen LogP contribution >= 0.6 is 0 Å². The Morgan fingerprint density at radius 3 is 2.39 bits per heavy atom. The SMILES string of the molecule is COCCCn1cc(CN(C(=O)[C@H]2CN(C(=O)OC(C)(C)C)CC[C@@H]2c2cccc(-c3ccc(NS(C)(=O)=O)cc3)c2)C2CC2)c2ccccc21. The standard InChI is InChI=1S/C40H50N4O6S/c1-40(2,3)50-39(46)43-22-20-34(30-11-8-10-29(24-30)28-14-16-32(17-15-28)41-51(5,47)48)36(27-43)38(45)44(33-18-19-33)26-31-25-42(21-9-23-49-4)37-13-7-6-12-35(31)37/h6-8,10-17,24-25,33-34,36,41H,9,18-23,26-27H2,1-5H3/t34-,36+/m1/s1. The quantitative estimate of drug-likeness (QED) is 0.155. The smallest absolute Gasteiger partial charge is 0.410 e. The van der Waals surface area contributed by atoms with Crippen LogP contribution < -0.4 is 4.72 Å². The first-order valence-corrected chi connectivity index (χ1v) is 19.7. The van der Waals surface area contributed by atoms with E-state index in [1.807, 2.05) is 51.1 Å². The van der Waals surface area contributed by atoms with Crippen LogP contribution in [0.25, 0.3) is 22.0 Å². The molecule has 0 radical (unpaired) electrons. The van der Waals surface area contributed by atoms with E-state index in [2.05, 4.69) is 50.7 Å². The average molecular weight is 715 g/mol. The Balaban J connectivity index is 1.31. The zero-order chi connectivity index (χ0) is 36.3. The summed E-state index contributed by atoms with van der Waals surface area (Å²) in [5, 5.41) is 1.15. The van der Waals surface area contributed by atoms with Crippen LogP contribution in [0, 0.1) is 5.92 Å². The van der Waals surface area contributed by atoms with E-state index in [4.69, 9.17) is 9.47 Å². The minimum Gasteiger partial charge on any atom is -0.444 e. The predicted octanol–water partition coefficient (Wildman–Crippen LogP) is 7.25. The molecule has 2 aliphatic rings. The summed E-state index contributed by atoms with van der Waals surface area (Å²) in [5.41, 5.74) is 5.07. The molecule has 1 saturated carbocycles. The van der Waals surface area contributed by atoms with Crippen LogP contribution in [0.1, 0.15) is 63.5 Å².